The molecule has 0 spiro atoms. The fourth-order valence-corrected chi connectivity index (χ4v) is 12.3. The summed E-state index contributed by atoms with van der Waals surface area (Å²) in [5.74, 6) is -1.03. The quantitative estimate of drug-likeness (QED) is 0.0721. The molecule has 0 bridgehead atoms. The molecule has 1 unspecified atom stereocenters. The third-order valence-electron chi connectivity index (χ3n) is 16.0. The summed E-state index contributed by atoms with van der Waals surface area (Å²) < 4.78 is 75.4. The van der Waals surface area contributed by atoms with Crippen molar-refractivity contribution in [3.8, 4) is 34.3 Å². The number of halogens is 4. The van der Waals surface area contributed by atoms with E-state index in [0.29, 0.717) is 61.3 Å². The Kier molecular flexibility index (Phi) is 18.3. The van der Waals surface area contributed by atoms with Crippen LogP contribution in [-0.4, -0.2) is 167 Å². The minimum Gasteiger partial charge on any atom is -0.508 e. The third kappa shape index (κ3) is 13.0. The Bertz CT molecular complexity index is 3500. The number of hydrogen-bond acceptors (Lipinski definition) is 16. The van der Waals surface area contributed by atoms with Gasteiger partial charge in [-0.1, -0.05) is 31.2 Å². The van der Waals surface area contributed by atoms with E-state index in [1.807, 2.05) is 49.5 Å². The van der Waals surface area contributed by atoms with Crippen molar-refractivity contribution in [2.45, 2.75) is 71.6 Å². The lowest BCUT2D eigenvalue weighted by molar-refractivity contribution is -0.149. The number of likely N-dealkylation sites (tertiary alicyclic amines) is 1. The predicted molar refractivity (Wildman–Crippen MR) is 315 cm³/mol. The van der Waals surface area contributed by atoms with Gasteiger partial charge in [0.05, 0.1) is 41.6 Å². The normalized spacial score (nSPS) is 17.0. The largest absolute Gasteiger partial charge is 0.508 e. The molecular weight excluding hydrogens is 1130 g/mol. The number of hydrogen-bond donors (Lipinski definition) is 4. The molecule has 4 aliphatic rings. The van der Waals surface area contributed by atoms with E-state index in [1.54, 1.807) is 43.4 Å². The van der Waals surface area contributed by atoms with Crippen LogP contribution in [0.2, 0.25) is 0 Å². The predicted octanol–water partition coefficient (Wildman–Crippen LogP) is 7.90. The molecule has 10 rings (SSSR count). The average molecular weight is 1200 g/mol. The highest BCUT2D eigenvalue weighted by Crippen LogP contribution is 2.42. The number of piperidine rings is 2. The lowest BCUT2D eigenvalue weighted by Gasteiger charge is -2.40. The van der Waals surface area contributed by atoms with Crippen molar-refractivity contribution in [2.75, 3.05) is 98.2 Å². The number of aromatic nitrogens is 5. The molecule has 2 aromatic heterocycles. The van der Waals surface area contributed by atoms with Gasteiger partial charge >= 0.3 is 6.18 Å². The van der Waals surface area contributed by atoms with Gasteiger partial charge in [0, 0.05) is 102 Å². The minimum absolute atomic E-state index is 0. The first-order chi connectivity index (χ1) is 39.7. The van der Waals surface area contributed by atoms with Crippen LogP contribution in [0.1, 0.15) is 78.6 Å². The van der Waals surface area contributed by atoms with Crippen molar-refractivity contribution in [3.63, 3.8) is 0 Å². The average Bonchev–Trinajstić information content (AvgIpc) is 3.06. The maximum absolute atomic E-state index is 13.9. The summed E-state index contributed by atoms with van der Waals surface area (Å²) in [5, 5.41) is 34.5. The Hall–Kier alpha value is -7.74. The minimum atomic E-state index is -4.69. The number of amides is 3. The van der Waals surface area contributed by atoms with Gasteiger partial charge in [0.1, 0.15) is 29.0 Å². The number of benzene rings is 4. The van der Waals surface area contributed by atoms with Gasteiger partial charge in [-0.15, -0.1) is 22.6 Å². The van der Waals surface area contributed by atoms with Crippen molar-refractivity contribution in [1.82, 2.24) is 44.7 Å². The Morgan fingerprint density at radius 3 is 2.17 bits per heavy atom. The molecule has 84 heavy (non-hydrogen) atoms. The van der Waals surface area contributed by atoms with Crippen molar-refractivity contribution in [2.24, 2.45) is 11.8 Å². The van der Waals surface area contributed by atoms with Crippen molar-refractivity contribution >= 4 is 74.7 Å². The number of ether oxygens (including phenoxy) is 1. The Morgan fingerprint density at radius 1 is 0.821 bits per heavy atom. The fraction of sp³-hybridized carbons (Fsp3) is 0.431. The van der Waals surface area contributed by atoms with E-state index in [1.165, 1.54) is 21.7 Å². The van der Waals surface area contributed by atoms with Gasteiger partial charge in [0.25, 0.3) is 11.8 Å². The molecule has 4 N–H and O–H groups in total. The van der Waals surface area contributed by atoms with Gasteiger partial charge in [0.2, 0.25) is 27.7 Å². The van der Waals surface area contributed by atoms with Gasteiger partial charge in [-0.05, 0) is 105 Å². The molecule has 448 valence electrons. The number of para-hydroxylation sites is 1. The summed E-state index contributed by atoms with van der Waals surface area (Å²) in [7, 11) is -2.39. The van der Waals surface area contributed by atoms with Gasteiger partial charge in [-0.2, -0.15) is 18.2 Å². The maximum Gasteiger partial charge on any atom is 0.408 e. The van der Waals surface area contributed by atoms with E-state index in [0.717, 1.165) is 106 Å². The number of anilines is 6. The van der Waals surface area contributed by atoms with Crippen molar-refractivity contribution in [3.05, 3.63) is 108 Å². The number of sulfonamides is 1. The lowest BCUT2D eigenvalue weighted by atomic mass is 9.91. The number of aromatic hydroxyl groups is 2. The van der Waals surface area contributed by atoms with Crippen molar-refractivity contribution < 1.29 is 50.9 Å². The zero-order valence-electron chi connectivity index (χ0n) is 47.3. The zero-order chi connectivity index (χ0) is 58.9. The SMILES string of the molecule is CCOc1cc(N2CCC(C(=O)N3CCC(CN4CCN(Cc5ccc(-n6c(C(=O)NC(C)C(F)(F)F)nnc6-c6cc(CC)c(O)cc6O)cc5)CC4)CC3)CC2)ccc1Nc1ncc2c(n1)N(S(C)(=O)=O)c1ccccc1C(=O)N2C.Cl. The number of carbonyl (C=O) groups excluding carboxylic acids is 3. The van der Waals surface area contributed by atoms with Crippen LogP contribution in [0.15, 0.2) is 85.1 Å². The summed E-state index contributed by atoms with van der Waals surface area (Å²) in [6, 6.07) is 20.0. The van der Waals surface area contributed by atoms with E-state index in [4.69, 9.17) is 4.74 Å². The van der Waals surface area contributed by atoms with E-state index < -0.39 is 39.9 Å². The van der Waals surface area contributed by atoms with E-state index in [-0.39, 0.29) is 75.8 Å². The molecule has 3 fully saturated rings. The highest BCUT2D eigenvalue weighted by Gasteiger charge is 2.39. The summed E-state index contributed by atoms with van der Waals surface area (Å²) in [6.07, 6.45) is 1.54. The summed E-state index contributed by atoms with van der Waals surface area (Å²) >= 11 is 0. The highest BCUT2D eigenvalue weighted by atomic mass is 35.5. The van der Waals surface area contributed by atoms with Crippen LogP contribution in [-0.2, 0) is 27.8 Å². The smallest absolute Gasteiger partial charge is 0.408 e. The van der Waals surface area contributed by atoms with Crippen LogP contribution in [0.25, 0.3) is 17.1 Å². The van der Waals surface area contributed by atoms with Gasteiger partial charge in [-0.25, -0.2) is 17.7 Å². The van der Waals surface area contributed by atoms with E-state index >= 15 is 0 Å². The van der Waals surface area contributed by atoms with Gasteiger partial charge in [0.15, 0.2) is 11.6 Å². The molecular formula is C58H69ClF3N13O8S. The summed E-state index contributed by atoms with van der Waals surface area (Å²) in [4.78, 5) is 60.3. The standard InChI is InChI=1S/C58H68F3N13O8S.ClH/c1-6-39-30-44(49(76)32-48(39)75)51-66-67-53(54(77)63-36(3)58(59,60)61)73(51)41-14-12-37(13-15-41)34-69-26-28-70(29-27-69)35-38-18-22-72(23-19-38)55(78)40-20-24-71(25-21-40)42-16-17-45(50(31-42)82-7-2)64-57-62-33-47-52(65-57)74(83(5,80)81)46-11-9-8-10-43(46)56(79)68(47)4;/h8-17,30-33,36,38,40,75-76H,6-7,18-29,34-35H2,1-5H3,(H,63,77)(H,62,64,65);1H. The molecule has 3 saturated heterocycles. The zero-order valence-corrected chi connectivity index (χ0v) is 49.0. The van der Waals surface area contributed by atoms with Crippen LogP contribution in [0.4, 0.5) is 47.7 Å². The number of nitrogens with zero attached hydrogens (tertiary/aromatic N) is 11. The number of phenols is 2. The number of piperazine rings is 1. The maximum atomic E-state index is 13.9. The van der Waals surface area contributed by atoms with Crippen LogP contribution >= 0.6 is 12.4 Å². The molecule has 4 aliphatic heterocycles. The topological polar surface area (TPSA) is 235 Å². The van der Waals surface area contributed by atoms with Crippen LogP contribution in [0, 0.1) is 11.8 Å². The lowest BCUT2D eigenvalue weighted by Crippen LogP contribution is -2.49. The molecule has 4 aromatic carbocycles. The Morgan fingerprint density at radius 2 is 1.50 bits per heavy atom. The molecule has 6 heterocycles. The number of aryl methyl sites for hydroxylation is 1. The number of phenolic OH excluding ortho intramolecular Hbond substituents is 2. The van der Waals surface area contributed by atoms with Crippen LogP contribution in [0.5, 0.6) is 17.2 Å². The summed E-state index contributed by atoms with van der Waals surface area (Å²) in [5.41, 5.74) is 4.15. The first kappa shape index (κ1) is 60.8. The third-order valence-corrected chi connectivity index (χ3v) is 17.1. The van der Waals surface area contributed by atoms with Gasteiger partial charge in [-0.3, -0.25) is 23.9 Å². The molecule has 3 amide bonds. The number of carbonyl (C=O) groups is 3. The highest BCUT2D eigenvalue weighted by molar-refractivity contribution is 7.92. The number of nitrogens with one attached hydrogen (secondary N) is 2. The van der Waals surface area contributed by atoms with E-state index in [9.17, 15) is 46.2 Å². The van der Waals surface area contributed by atoms with Gasteiger partial charge < -0.3 is 45.2 Å². The van der Waals surface area contributed by atoms with Crippen LogP contribution in [0.3, 0.4) is 0 Å². The molecule has 0 radical (unpaired) electrons. The number of rotatable bonds is 16. The second kappa shape index (κ2) is 25.2. The molecule has 21 nitrogen and oxygen atoms in total. The van der Waals surface area contributed by atoms with Crippen molar-refractivity contribution in [1.29, 1.82) is 0 Å². The molecule has 6 aromatic rings. The molecule has 0 aliphatic carbocycles. The monoisotopic (exact) mass is 1200 g/mol. The number of fused-ring (bicyclic) bond motifs is 2. The van der Waals surface area contributed by atoms with Crippen LogP contribution < -0.4 is 29.5 Å². The number of alkyl halides is 3. The molecule has 1 atom stereocenters. The second-order valence-electron chi connectivity index (χ2n) is 21.6. The second-order valence-corrected chi connectivity index (χ2v) is 23.4. The first-order valence-electron chi connectivity index (χ1n) is 27.9. The van der Waals surface area contributed by atoms with E-state index in [2.05, 4.69) is 45.1 Å². The Labute approximate surface area is 491 Å². The molecule has 0 saturated carbocycles. The first-order valence-corrected chi connectivity index (χ1v) is 29.8. The fourth-order valence-electron chi connectivity index (χ4n) is 11.4. The molecule has 26 heteroatoms. The Balaban J connectivity index is 0.00000846. The summed E-state index contributed by atoms with van der Waals surface area (Å²) in [6.45, 7) is 12.9.